The van der Waals surface area contributed by atoms with E-state index in [0.717, 1.165) is 12.2 Å². The number of anilines is 4. The monoisotopic (exact) mass is 286 g/mol. The summed E-state index contributed by atoms with van der Waals surface area (Å²) in [7, 11) is 5.64. The SMILES string of the molecule is CCN(c1ccc(C)cc1)c1nc(NC)nc(N(C)C)n1. The molecule has 0 aliphatic heterocycles. The zero-order chi connectivity index (χ0) is 15.4. The van der Waals surface area contributed by atoms with Gasteiger partial charge in [-0.2, -0.15) is 15.0 Å². The quantitative estimate of drug-likeness (QED) is 0.911. The third-order valence-electron chi connectivity index (χ3n) is 3.14. The van der Waals surface area contributed by atoms with Crippen molar-refractivity contribution in [3.63, 3.8) is 0 Å². The molecule has 0 atom stereocenters. The second-order valence-electron chi connectivity index (χ2n) is 4.98. The summed E-state index contributed by atoms with van der Waals surface area (Å²) in [5.74, 6) is 1.84. The fraction of sp³-hybridized carbons (Fsp3) is 0.400. The third-order valence-corrected chi connectivity index (χ3v) is 3.14. The first-order chi connectivity index (χ1) is 10.0. The summed E-state index contributed by atoms with van der Waals surface area (Å²) in [6.45, 7) is 4.94. The van der Waals surface area contributed by atoms with E-state index in [0.29, 0.717) is 17.8 Å². The topological polar surface area (TPSA) is 57.2 Å². The first kappa shape index (κ1) is 15.0. The van der Waals surface area contributed by atoms with E-state index in [9.17, 15) is 0 Å². The van der Waals surface area contributed by atoms with Crippen LogP contribution in [0.4, 0.5) is 23.5 Å². The Kier molecular flexibility index (Phi) is 4.57. The van der Waals surface area contributed by atoms with Gasteiger partial charge in [-0.15, -0.1) is 0 Å². The Morgan fingerprint density at radius 2 is 1.62 bits per heavy atom. The van der Waals surface area contributed by atoms with E-state index < -0.39 is 0 Å². The van der Waals surface area contributed by atoms with Crippen LogP contribution in [-0.2, 0) is 0 Å². The molecule has 6 nitrogen and oxygen atoms in total. The van der Waals surface area contributed by atoms with Crippen LogP contribution in [0.2, 0.25) is 0 Å². The normalized spacial score (nSPS) is 10.3. The molecule has 0 unspecified atom stereocenters. The maximum Gasteiger partial charge on any atom is 0.236 e. The van der Waals surface area contributed by atoms with Crippen molar-refractivity contribution >= 4 is 23.5 Å². The lowest BCUT2D eigenvalue weighted by atomic mass is 10.2. The van der Waals surface area contributed by atoms with Crippen molar-refractivity contribution in [2.45, 2.75) is 13.8 Å². The van der Waals surface area contributed by atoms with E-state index >= 15 is 0 Å². The molecule has 21 heavy (non-hydrogen) atoms. The van der Waals surface area contributed by atoms with Gasteiger partial charge in [0, 0.05) is 33.4 Å². The fourth-order valence-corrected chi connectivity index (χ4v) is 1.95. The van der Waals surface area contributed by atoms with Crippen molar-refractivity contribution in [3.8, 4) is 0 Å². The van der Waals surface area contributed by atoms with Crippen LogP contribution in [0.25, 0.3) is 0 Å². The molecule has 2 rings (SSSR count). The highest BCUT2D eigenvalue weighted by molar-refractivity contribution is 5.59. The van der Waals surface area contributed by atoms with Gasteiger partial charge >= 0.3 is 0 Å². The van der Waals surface area contributed by atoms with Crippen LogP contribution in [-0.4, -0.2) is 42.6 Å². The summed E-state index contributed by atoms with van der Waals surface area (Å²) in [5, 5.41) is 2.99. The van der Waals surface area contributed by atoms with E-state index in [-0.39, 0.29) is 0 Å². The van der Waals surface area contributed by atoms with Crippen molar-refractivity contribution < 1.29 is 0 Å². The van der Waals surface area contributed by atoms with Crippen molar-refractivity contribution in [1.82, 2.24) is 15.0 Å². The summed E-state index contributed by atoms with van der Waals surface area (Å²) in [6.07, 6.45) is 0. The molecular formula is C15H22N6. The molecule has 0 bridgehead atoms. The van der Waals surface area contributed by atoms with Gasteiger partial charge in [-0.05, 0) is 26.0 Å². The number of nitrogens with one attached hydrogen (secondary N) is 1. The van der Waals surface area contributed by atoms with Crippen molar-refractivity contribution in [2.24, 2.45) is 0 Å². The molecule has 0 spiro atoms. The lowest BCUT2D eigenvalue weighted by Crippen LogP contribution is -2.22. The molecule has 1 N–H and O–H groups in total. The predicted octanol–water partition coefficient (Wildman–Crippen LogP) is 2.45. The summed E-state index contributed by atoms with van der Waals surface area (Å²) in [4.78, 5) is 17.3. The van der Waals surface area contributed by atoms with Crippen LogP contribution >= 0.6 is 0 Å². The Hall–Kier alpha value is -2.37. The van der Waals surface area contributed by atoms with E-state index in [1.807, 2.05) is 19.0 Å². The summed E-state index contributed by atoms with van der Waals surface area (Å²) >= 11 is 0. The Bertz CT molecular complexity index is 594. The third kappa shape index (κ3) is 3.39. The van der Waals surface area contributed by atoms with Gasteiger partial charge in [0.15, 0.2) is 0 Å². The average molecular weight is 286 g/mol. The minimum Gasteiger partial charge on any atom is -0.357 e. The lowest BCUT2D eigenvalue weighted by Gasteiger charge is -2.22. The van der Waals surface area contributed by atoms with Crippen molar-refractivity contribution in [1.29, 1.82) is 0 Å². The van der Waals surface area contributed by atoms with Gasteiger partial charge in [0.2, 0.25) is 17.8 Å². The van der Waals surface area contributed by atoms with Crippen LogP contribution in [0, 0.1) is 6.92 Å². The van der Waals surface area contributed by atoms with E-state index in [1.165, 1.54) is 5.56 Å². The van der Waals surface area contributed by atoms with Crippen LogP contribution in [0.1, 0.15) is 12.5 Å². The number of aryl methyl sites for hydroxylation is 1. The maximum absolute atomic E-state index is 4.54. The molecule has 0 amide bonds. The number of benzene rings is 1. The fourth-order valence-electron chi connectivity index (χ4n) is 1.95. The Morgan fingerprint density at radius 3 is 2.14 bits per heavy atom. The first-order valence-corrected chi connectivity index (χ1v) is 7.00. The van der Waals surface area contributed by atoms with Gasteiger partial charge < -0.3 is 15.1 Å². The van der Waals surface area contributed by atoms with Crippen molar-refractivity contribution in [3.05, 3.63) is 29.8 Å². The Labute approximate surface area is 125 Å². The number of aromatic nitrogens is 3. The van der Waals surface area contributed by atoms with Crippen LogP contribution in [0.5, 0.6) is 0 Å². The smallest absolute Gasteiger partial charge is 0.236 e. The molecular weight excluding hydrogens is 264 g/mol. The molecule has 0 saturated carbocycles. The summed E-state index contributed by atoms with van der Waals surface area (Å²) in [5.41, 5.74) is 2.30. The van der Waals surface area contributed by atoms with Crippen LogP contribution < -0.4 is 15.1 Å². The number of hydrogen-bond acceptors (Lipinski definition) is 6. The molecule has 0 aliphatic rings. The van der Waals surface area contributed by atoms with Gasteiger partial charge in [-0.1, -0.05) is 17.7 Å². The van der Waals surface area contributed by atoms with Crippen LogP contribution in [0.3, 0.4) is 0 Å². The second kappa shape index (κ2) is 6.39. The maximum atomic E-state index is 4.54. The second-order valence-corrected chi connectivity index (χ2v) is 4.98. The molecule has 0 saturated heterocycles. The van der Waals surface area contributed by atoms with E-state index in [2.05, 4.69) is 63.3 Å². The van der Waals surface area contributed by atoms with Gasteiger partial charge in [-0.3, -0.25) is 0 Å². The molecule has 6 heteroatoms. The highest BCUT2D eigenvalue weighted by atomic mass is 15.3. The highest BCUT2D eigenvalue weighted by Crippen LogP contribution is 2.24. The first-order valence-electron chi connectivity index (χ1n) is 7.00. The molecule has 2 aromatic rings. The molecule has 0 aliphatic carbocycles. The molecule has 1 aromatic heterocycles. The molecule has 1 aromatic carbocycles. The number of hydrogen-bond donors (Lipinski definition) is 1. The summed E-state index contributed by atoms with van der Waals surface area (Å²) in [6, 6.07) is 8.34. The van der Waals surface area contributed by atoms with Gasteiger partial charge in [0.05, 0.1) is 0 Å². The van der Waals surface area contributed by atoms with Gasteiger partial charge in [-0.25, -0.2) is 0 Å². The average Bonchev–Trinajstić information content (AvgIpc) is 2.49. The van der Waals surface area contributed by atoms with Crippen molar-refractivity contribution in [2.75, 3.05) is 42.8 Å². The zero-order valence-electron chi connectivity index (χ0n) is 13.3. The largest absolute Gasteiger partial charge is 0.357 e. The van der Waals surface area contributed by atoms with Gasteiger partial charge in [0.25, 0.3) is 0 Å². The van der Waals surface area contributed by atoms with E-state index in [4.69, 9.17) is 0 Å². The molecule has 0 fully saturated rings. The summed E-state index contributed by atoms with van der Waals surface area (Å²) < 4.78 is 0. The van der Waals surface area contributed by atoms with E-state index in [1.54, 1.807) is 7.05 Å². The van der Waals surface area contributed by atoms with Crippen LogP contribution in [0.15, 0.2) is 24.3 Å². The highest BCUT2D eigenvalue weighted by Gasteiger charge is 2.14. The molecule has 1 heterocycles. The predicted molar refractivity (Wildman–Crippen MR) is 87.6 cm³/mol. The number of rotatable bonds is 5. The Balaban J connectivity index is 2.46. The Morgan fingerprint density at radius 1 is 1.00 bits per heavy atom. The molecule has 112 valence electrons. The molecule has 0 radical (unpaired) electrons. The minimum atomic E-state index is 0.564. The minimum absolute atomic E-state index is 0.564. The number of nitrogens with zero attached hydrogens (tertiary/aromatic N) is 5. The van der Waals surface area contributed by atoms with Gasteiger partial charge in [0.1, 0.15) is 0 Å². The standard InChI is InChI=1S/C15H22N6/c1-6-21(12-9-7-11(2)8-10-12)15-18-13(16-3)17-14(19-15)20(4)5/h7-10H,6H2,1-5H3,(H,16,17,18,19). The lowest BCUT2D eigenvalue weighted by molar-refractivity contribution is 0.897. The zero-order valence-corrected chi connectivity index (χ0v) is 13.3.